The van der Waals surface area contributed by atoms with Crippen LogP contribution in [0.2, 0.25) is 5.02 Å². The fraction of sp³-hybridized carbons (Fsp3) is 0.400. The first-order chi connectivity index (χ1) is 9.93. The molecule has 2 amide bonds. The maximum absolute atomic E-state index is 11.9. The van der Waals surface area contributed by atoms with Crippen LogP contribution in [0.3, 0.4) is 0 Å². The standard InChI is InChI=1S/C15H20ClN3O2/c1-4-10(2)17-14(20)9-11(3)18-19-15(21)12-7-5-6-8-13(12)16/h5-8,10H,4,9H2,1-3H3,(H,17,20)(H,19,21)/b18-11+. The van der Waals surface area contributed by atoms with Crippen molar-refractivity contribution in [2.75, 3.05) is 0 Å². The van der Waals surface area contributed by atoms with Gasteiger partial charge in [0.1, 0.15) is 0 Å². The molecule has 0 aliphatic carbocycles. The van der Waals surface area contributed by atoms with Gasteiger partial charge in [-0.3, -0.25) is 9.59 Å². The number of carbonyl (C=O) groups is 2. The van der Waals surface area contributed by atoms with Crippen LogP contribution in [0, 0.1) is 0 Å². The van der Waals surface area contributed by atoms with Crippen molar-refractivity contribution in [3.8, 4) is 0 Å². The van der Waals surface area contributed by atoms with Crippen LogP contribution in [0.1, 0.15) is 44.0 Å². The molecule has 6 heteroatoms. The quantitative estimate of drug-likeness (QED) is 0.626. The van der Waals surface area contributed by atoms with Gasteiger partial charge in [-0.2, -0.15) is 5.10 Å². The zero-order chi connectivity index (χ0) is 15.8. The molecule has 0 saturated carbocycles. The summed E-state index contributed by atoms with van der Waals surface area (Å²) >= 11 is 5.92. The predicted molar refractivity (Wildman–Crippen MR) is 84.5 cm³/mol. The number of amides is 2. The summed E-state index contributed by atoms with van der Waals surface area (Å²) < 4.78 is 0. The molecule has 1 aromatic rings. The van der Waals surface area contributed by atoms with Gasteiger partial charge in [0.2, 0.25) is 5.91 Å². The van der Waals surface area contributed by atoms with Crippen molar-refractivity contribution in [2.24, 2.45) is 5.10 Å². The minimum Gasteiger partial charge on any atom is -0.353 e. The highest BCUT2D eigenvalue weighted by Crippen LogP contribution is 2.14. The molecule has 0 spiro atoms. The number of carbonyl (C=O) groups excluding carboxylic acids is 2. The zero-order valence-corrected chi connectivity index (χ0v) is 13.2. The first-order valence-corrected chi connectivity index (χ1v) is 7.19. The lowest BCUT2D eigenvalue weighted by Crippen LogP contribution is -2.33. The Labute approximate surface area is 129 Å². The lowest BCUT2D eigenvalue weighted by atomic mass is 10.2. The number of rotatable bonds is 6. The molecule has 5 nitrogen and oxygen atoms in total. The average Bonchev–Trinajstić information content (AvgIpc) is 2.44. The van der Waals surface area contributed by atoms with Crippen LogP contribution in [-0.4, -0.2) is 23.6 Å². The van der Waals surface area contributed by atoms with E-state index in [9.17, 15) is 9.59 Å². The van der Waals surface area contributed by atoms with Gasteiger partial charge in [0.05, 0.1) is 17.0 Å². The molecule has 0 heterocycles. The van der Waals surface area contributed by atoms with Gasteiger partial charge in [-0.15, -0.1) is 0 Å². The Morgan fingerprint density at radius 3 is 2.62 bits per heavy atom. The summed E-state index contributed by atoms with van der Waals surface area (Å²) in [5.41, 5.74) is 3.27. The monoisotopic (exact) mass is 309 g/mol. The van der Waals surface area contributed by atoms with Crippen LogP contribution >= 0.6 is 11.6 Å². The third-order valence-electron chi connectivity index (χ3n) is 2.90. The number of benzene rings is 1. The Kier molecular flexibility index (Phi) is 6.88. The highest BCUT2D eigenvalue weighted by Gasteiger charge is 2.10. The molecule has 21 heavy (non-hydrogen) atoms. The van der Waals surface area contributed by atoms with E-state index in [1.807, 2.05) is 13.8 Å². The largest absolute Gasteiger partial charge is 0.353 e. The smallest absolute Gasteiger partial charge is 0.272 e. The summed E-state index contributed by atoms with van der Waals surface area (Å²) in [5.74, 6) is -0.514. The average molecular weight is 310 g/mol. The summed E-state index contributed by atoms with van der Waals surface area (Å²) in [4.78, 5) is 23.5. The van der Waals surface area contributed by atoms with Gasteiger partial charge in [0.15, 0.2) is 0 Å². The van der Waals surface area contributed by atoms with E-state index in [0.29, 0.717) is 16.3 Å². The summed E-state index contributed by atoms with van der Waals surface area (Å²) in [5, 5.41) is 7.11. The Hall–Kier alpha value is -1.88. The second-order valence-corrected chi connectivity index (χ2v) is 5.23. The van der Waals surface area contributed by atoms with Crippen LogP contribution in [0.15, 0.2) is 29.4 Å². The molecule has 0 fully saturated rings. The third kappa shape index (κ3) is 5.95. The van der Waals surface area contributed by atoms with Gasteiger partial charge in [-0.05, 0) is 32.4 Å². The first-order valence-electron chi connectivity index (χ1n) is 6.81. The number of hydrazone groups is 1. The van der Waals surface area contributed by atoms with Crippen LogP contribution in [-0.2, 0) is 4.79 Å². The molecule has 1 aromatic carbocycles. The van der Waals surface area contributed by atoms with Gasteiger partial charge in [-0.25, -0.2) is 5.43 Å². The van der Waals surface area contributed by atoms with E-state index in [2.05, 4.69) is 15.8 Å². The molecule has 0 bridgehead atoms. The fourth-order valence-corrected chi connectivity index (χ4v) is 1.77. The Morgan fingerprint density at radius 2 is 2.00 bits per heavy atom. The van der Waals surface area contributed by atoms with E-state index >= 15 is 0 Å². The van der Waals surface area contributed by atoms with Crippen LogP contribution in [0.25, 0.3) is 0 Å². The van der Waals surface area contributed by atoms with Crippen molar-refractivity contribution in [3.63, 3.8) is 0 Å². The predicted octanol–water partition coefficient (Wildman–Crippen LogP) is 2.75. The Balaban J connectivity index is 2.54. The van der Waals surface area contributed by atoms with Crippen molar-refractivity contribution >= 4 is 29.1 Å². The Bertz CT molecular complexity index is 543. The van der Waals surface area contributed by atoms with Crippen molar-refractivity contribution < 1.29 is 9.59 Å². The minimum atomic E-state index is -0.401. The highest BCUT2D eigenvalue weighted by molar-refractivity contribution is 6.33. The molecule has 1 atom stereocenters. The zero-order valence-electron chi connectivity index (χ0n) is 12.4. The molecule has 0 aliphatic rings. The number of nitrogens with one attached hydrogen (secondary N) is 2. The molecular formula is C15H20ClN3O2. The second kappa shape index (κ2) is 8.42. The lowest BCUT2D eigenvalue weighted by Gasteiger charge is -2.11. The molecule has 2 N–H and O–H groups in total. The summed E-state index contributed by atoms with van der Waals surface area (Å²) in [7, 11) is 0. The van der Waals surface area contributed by atoms with Crippen LogP contribution in [0.5, 0.6) is 0 Å². The van der Waals surface area contributed by atoms with Crippen molar-refractivity contribution in [1.82, 2.24) is 10.7 Å². The van der Waals surface area contributed by atoms with E-state index in [1.54, 1.807) is 31.2 Å². The Morgan fingerprint density at radius 1 is 1.33 bits per heavy atom. The highest BCUT2D eigenvalue weighted by atomic mass is 35.5. The molecule has 0 aromatic heterocycles. The van der Waals surface area contributed by atoms with Gasteiger partial charge in [0.25, 0.3) is 5.91 Å². The van der Waals surface area contributed by atoms with E-state index in [-0.39, 0.29) is 18.4 Å². The maximum atomic E-state index is 11.9. The molecular weight excluding hydrogens is 290 g/mol. The van der Waals surface area contributed by atoms with Crippen molar-refractivity contribution in [2.45, 2.75) is 39.7 Å². The van der Waals surface area contributed by atoms with Crippen molar-refractivity contribution in [1.29, 1.82) is 0 Å². The van der Waals surface area contributed by atoms with E-state index < -0.39 is 5.91 Å². The maximum Gasteiger partial charge on any atom is 0.272 e. The minimum absolute atomic E-state index is 0.113. The van der Waals surface area contributed by atoms with Crippen LogP contribution in [0.4, 0.5) is 0 Å². The normalized spacial score (nSPS) is 12.7. The van der Waals surface area contributed by atoms with Gasteiger partial charge in [-0.1, -0.05) is 30.7 Å². The number of halogens is 1. The van der Waals surface area contributed by atoms with Crippen LogP contribution < -0.4 is 10.7 Å². The van der Waals surface area contributed by atoms with Gasteiger partial charge < -0.3 is 5.32 Å². The summed E-state index contributed by atoms with van der Waals surface area (Å²) in [6, 6.07) is 6.83. The number of hydrogen-bond donors (Lipinski definition) is 2. The summed E-state index contributed by atoms with van der Waals surface area (Å²) in [6.07, 6.45) is 1.01. The fourth-order valence-electron chi connectivity index (χ4n) is 1.55. The van der Waals surface area contributed by atoms with Gasteiger partial charge >= 0.3 is 0 Å². The van der Waals surface area contributed by atoms with E-state index in [1.165, 1.54) is 0 Å². The molecule has 0 saturated heterocycles. The molecule has 0 aliphatic heterocycles. The molecule has 1 rings (SSSR count). The van der Waals surface area contributed by atoms with E-state index in [0.717, 1.165) is 6.42 Å². The molecule has 0 radical (unpaired) electrons. The first kappa shape index (κ1) is 17.2. The second-order valence-electron chi connectivity index (χ2n) is 4.82. The summed E-state index contributed by atoms with van der Waals surface area (Å²) in [6.45, 7) is 5.61. The SMILES string of the molecule is CCC(C)NC(=O)C/C(C)=N/NC(=O)c1ccccc1Cl. The molecule has 1 unspecified atom stereocenters. The van der Waals surface area contributed by atoms with E-state index in [4.69, 9.17) is 11.6 Å². The number of hydrogen-bond acceptors (Lipinski definition) is 3. The number of nitrogens with zero attached hydrogens (tertiary/aromatic N) is 1. The topological polar surface area (TPSA) is 70.6 Å². The lowest BCUT2D eigenvalue weighted by molar-refractivity contribution is -0.120. The van der Waals surface area contributed by atoms with Gasteiger partial charge in [0, 0.05) is 11.8 Å². The molecule has 114 valence electrons. The van der Waals surface area contributed by atoms with Crippen molar-refractivity contribution in [3.05, 3.63) is 34.9 Å². The third-order valence-corrected chi connectivity index (χ3v) is 3.23.